The largest absolute Gasteiger partial charge is 0.508 e. The maximum Gasteiger partial charge on any atom is 0.248 e. The number of sulfonamides is 1. The number of phenolic OH excluding ortho intramolecular Hbond substituents is 1. The molecule has 2 saturated heterocycles. The Bertz CT molecular complexity index is 5570. The lowest BCUT2D eigenvalue weighted by Gasteiger charge is -2.54. The molecular weight excluding hydrogens is 1800 g/mol. The molecule has 0 spiro atoms. The lowest BCUT2D eigenvalue weighted by Crippen LogP contribution is -2.64. The molecule has 18 rings (SSSR count). The number of rotatable bonds is 30. The Hall–Kier alpha value is -10.3. The number of fused-ring (bicyclic) bond motifs is 12. The topological polar surface area (TPSA) is 590 Å². The Morgan fingerprint density at radius 3 is 1.99 bits per heavy atom. The normalized spacial score (nSPS) is 29.7. The van der Waals surface area contributed by atoms with E-state index in [9.17, 15) is 64.0 Å². The average Bonchev–Trinajstić information content (AvgIpc) is 1.54. The number of unbranched alkanes of at least 4 members (excludes halogenated alkanes) is 5. The highest BCUT2D eigenvalue weighted by Crippen LogP contribution is 2.57. The number of aryl methyl sites for hydroxylation is 1. The van der Waals surface area contributed by atoms with Crippen LogP contribution >= 0.6 is 11.6 Å². The summed E-state index contributed by atoms with van der Waals surface area (Å²) in [6.07, 6.45) is -8.96. The summed E-state index contributed by atoms with van der Waals surface area (Å²) < 4.78 is 74.4. The van der Waals surface area contributed by atoms with Gasteiger partial charge in [-0.3, -0.25) is 38.4 Å². The predicted molar refractivity (Wildman–Crippen MR) is 489 cm³/mol. The molecule has 12 aliphatic rings. The fourth-order valence-electron chi connectivity index (χ4n) is 20.7. The van der Waals surface area contributed by atoms with Gasteiger partial charge in [0.2, 0.25) is 75.1 Å². The van der Waals surface area contributed by atoms with E-state index >= 15 is 28.8 Å². The molecule has 40 heteroatoms. The number of amides is 8. The number of nitrogens with one attached hydrogen (secondary N) is 10. The highest BCUT2D eigenvalue weighted by Gasteiger charge is 2.55. The Morgan fingerprint density at radius 1 is 0.699 bits per heavy atom. The molecule has 8 amide bonds. The van der Waals surface area contributed by atoms with Gasteiger partial charge in [-0.2, -0.15) is 0 Å². The van der Waals surface area contributed by atoms with Gasteiger partial charge in [-0.1, -0.05) is 82.3 Å². The van der Waals surface area contributed by atoms with Gasteiger partial charge < -0.3 is 138 Å². The van der Waals surface area contributed by atoms with Crippen molar-refractivity contribution in [2.24, 2.45) is 41.1 Å². The second-order valence-corrected chi connectivity index (χ2v) is 40.4. The zero-order valence-electron chi connectivity index (χ0n) is 76.6. The molecule has 0 unspecified atom stereocenters. The molecule has 15 bridgehead atoms. The van der Waals surface area contributed by atoms with Crippen LogP contribution < -0.4 is 83.0 Å². The first-order valence-electron chi connectivity index (χ1n) is 46.6. The average molecular weight is 1930 g/mol. The number of likely N-dealkylation sites (N-methyl/N-ethyl adjacent to an activating group) is 1. The molecule has 5 aliphatic carbocycles. The van der Waals surface area contributed by atoms with Gasteiger partial charge in [0.1, 0.15) is 89.8 Å². The lowest BCUT2D eigenvalue weighted by atomic mass is 9.54. The first kappa shape index (κ1) is 100. The van der Waals surface area contributed by atoms with Crippen molar-refractivity contribution < 1.29 is 126 Å². The quantitative estimate of drug-likeness (QED) is 0.0224. The Kier molecular flexibility index (Phi) is 30.8. The van der Waals surface area contributed by atoms with Gasteiger partial charge >= 0.3 is 0 Å². The van der Waals surface area contributed by atoms with Crippen molar-refractivity contribution in [1.82, 2.24) is 52.6 Å². The number of hydrogen-bond acceptors (Lipinski definition) is 29. The lowest BCUT2D eigenvalue weighted by molar-refractivity contribution is -0.333. The standard InChI is InChI=1S/C96H123ClN12O26S/c1-8-9-14-27-129-55-18-20-56(21-19-55)136(127,128)102-26-13-11-10-12-25-101-42-59-64(111)39-58-72-57-35-49(15-22-60(57)96(125,126)73(59)72)75-89(120)109-79(93(124)107-77(58)91(122)104-74-52-31-47-30-48(33-52)34-53(74)32-47)81(114)51-17-24-66(61(97)36-51)132-68-38-54-37-67(84(68)135-94-85(83(116)82(115)69(43-110)133-94)134-71-41-95(6,99)86(117)46(5)130-71)131-65-23-16-50(29-45(65)4)80(113)78(108-87(118)62(100-7)28-44(2)3)92(123)103-63(40-70(98)112)88(119)105-76(54)90(121)106-75/h15-24,29,35-39,44,46-48,52-53,62-63,69,71,74-83,85-86,94,100-102,110-111,113-117,125-126H,8-14,25-28,30-34,40-43,99H2,1-7H3,(H2,98,112)(H,103,123)(H,104,122)(H,105,119)(H,106,121)(H,107,124)(H,108,118)(H,109,120)/t46-,47?,48?,52?,53?,62+,63-,69+,71-,74?,75+,76+,77-,78+,79-,80+,81+,82+,83-,85+,86+,94-,95-/m0/s1. The van der Waals surface area contributed by atoms with Crippen molar-refractivity contribution in [2.75, 3.05) is 33.4 Å². The van der Waals surface area contributed by atoms with Gasteiger partial charge in [-0.15, -0.1) is 0 Å². The zero-order valence-corrected chi connectivity index (χ0v) is 78.1. The highest BCUT2D eigenvalue weighted by atomic mass is 35.5. The van der Waals surface area contributed by atoms with Crippen LogP contribution in [0.15, 0.2) is 102 Å². The summed E-state index contributed by atoms with van der Waals surface area (Å²) in [4.78, 5) is 124. The van der Waals surface area contributed by atoms with Crippen LogP contribution in [0.2, 0.25) is 5.02 Å². The van der Waals surface area contributed by atoms with Crippen molar-refractivity contribution in [2.45, 2.75) is 270 Å². The summed E-state index contributed by atoms with van der Waals surface area (Å²) in [6.45, 7) is 10.0. The third-order valence-electron chi connectivity index (χ3n) is 27.6. The molecule has 0 radical (unpaired) electrons. The van der Waals surface area contributed by atoms with Crippen molar-refractivity contribution in [3.05, 3.63) is 152 Å². The van der Waals surface area contributed by atoms with Crippen molar-refractivity contribution in [3.63, 3.8) is 0 Å². The Balaban J connectivity index is 0.856. The Labute approximate surface area is 791 Å². The third-order valence-corrected chi connectivity index (χ3v) is 29.4. The number of aliphatic hydroxyl groups excluding tert-OH is 6. The van der Waals surface area contributed by atoms with Gasteiger partial charge in [0, 0.05) is 47.8 Å². The summed E-state index contributed by atoms with van der Waals surface area (Å²) in [5.74, 6) is -13.8. The highest BCUT2D eigenvalue weighted by molar-refractivity contribution is 7.89. The number of aromatic hydroxyl groups is 1. The maximum atomic E-state index is 16.7. The molecule has 4 saturated carbocycles. The second kappa shape index (κ2) is 41.8. The summed E-state index contributed by atoms with van der Waals surface area (Å²) in [5.41, 5.74) is 9.25. The number of carbonyl (C=O) groups is 8. The number of ether oxygens (including phenoxy) is 7. The van der Waals surface area contributed by atoms with Gasteiger partial charge in [0.05, 0.1) is 47.8 Å². The summed E-state index contributed by atoms with van der Waals surface area (Å²) >= 11 is 7.35. The maximum absolute atomic E-state index is 16.7. The van der Waals surface area contributed by atoms with E-state index in [4.69, 9.17) is 56.2 Å². The number of hydrogen-bond donors (Lipinski definition) is 21. The smallest absolute Gasteiger partial charge is 0.248 e. The number of phenols is 1. The molecule has 6 fully saturated rings. The van der Waals surface area contributed by atoms with E-state index in [1.807, 2.05) is 13.8 Å². The molecule has 7 aliphatic heterocycles. The molecule has 38 nitrogen and oxygen atoms in total. The molecule has 23 N–H and O–H groups in total. The van der Waals surface area contributed by atoms with Crippen molar-refractivity contribution in [3.8, 4) is 51.4 Å². The Morgan fingerprint density at radius 2 is 1.35 bits per heavy atom. The second-order valence-electron chi connectivity index (χ2n) is 38.2. The summed E-state index contributed by atoms with van der Waals surface area (Å²) in [5, 5.41) is 135. The molecule has 7 heterocycles. The van der Waals surface area contributed by atoms with E-state index in [2.05, 4.69) is 59.5 Å². The number of primary amides is 1. The van der Waals surface area contributed by atoms with E-state index in [-0.39, 0.29) is 127 Å². The van der Waals surface area contributed by atoms with Gasteiger partial charge in [-0.25, -0.2) is 13.1 Å². The van der Waals surface area contributed by atoms with Crippen LogP contribution in [0.3, 0.4) is 0 Å². The van der Waals surface area contributed by atoms with Crippen molar-refractivity contribution >= 4 is 68.9 Å². The molecular formula is C96H123ClN12O26S. The molecule has 0 aromatic heterocycles. The predicted octanol–water partition coefficient (Wildman–Crippen LogP) is 3.90. The van der Waals surface area contributed by atoms with Crippen LogP contribution in [0, 0.1) is 36.5 Å². The van der Waals surface area contributed by atoms with Crippen LogP contribution in [-0.2, 0) is 74.9 Å². The molecule has 18 atom stereocenters. The number of aliphatic hydroxyl groups is 8. The monoisotopic (exact) mass is 1930 g/mol. The number of carbonyl (C=O) groups excluding carboxylic acids is 8. The van der Waals surface area contributed by atoms with Gasteiger partial charge in [0.25, 0.3) is 0 Å². The molecule has 736 valence electrons. The van der Waals surface area contributed by atoms with E-state index in [0.29, 0.717) is 49.9 Å². The van der Waals surface area contributed by atoms with Crippen LogP contribution in [0.4, 0.5) is 0 Å². The molecule has 6 aromatic carbocycles. The van der Waals surface area contributed by atoms with E-state index in [0.717, 1.165) is 69.6 Å². The molecule has 6 aromatic rings. The van der Waals surface area contributed by atoms with E-state index in [1.54, 1.807) is 12.1 Å². The number of benzene rings is 6. The van der Waals surface area contributed by atoms with Crippen LogP contribution in [0.5, 0.6) is 40.2 Å². The van der Waals surface area contributed by atoms with Crippen LogP contribution in [-0.4, -0.2) is 220 Å². The minimum absolute atomic E-state index is 0.0281. The van der Waals surface area contributed by atoms with E-state index < -0.39 is 220 Å². The van der Waals surface area contributed by atoms with Crippen LogP contribution in [0.1, 0.15) is 211 Å². The minimum Gasteiger partial charge on any atom is -0.508 e. The third kappa shape index (κ3) is 21.5. The zero-order chi connectivity index (χ0) is 97.4. The number of halogens is 1. The summed E-state index contributed by atoms with van der Waals surface area (Å²) in [6, 6.07) is 6.94. The van der Waals surface area contributed by atoms with Crippen LogP contribution in [0.25, 0.3) is 11.1 Å². The minimum atomic E-state index is -3.86. The summed E-state index contributed by atoms with van der Waals surface area (Å²) in [7, 11) is -2.35. The molecule has 136 heavy (non-hydrogen) atoms. The first-order chi connectivity index (χ1) is 64.7. The number of nitrogens with two attached hydrogens (primary N) is 2. The van der Waals surface area contributed by atoms with E-state index in [1.165, 1.54) is 94.5 Å². The van der Waals surface area contributed by atoms with Gasteiger partial charge in [-0.05, 0) is 239 Å². The van der Waals surface area contributed by atoms with Gasteiger partial charge in [0.15, 0.2) is 23.9 Å². The fraction of sp³-hybridized carbons (Fsp3) is 0.542. The fourth-order valence-corrected chi connectivity index (χ4v) is 22.0. The first-order valence-corrected chi connectivity index (χ1v) is 48.5. The van der Waals surface area contributed by atoms with Crippen molar-refractivity contribution in [1.29, 1.82) is 0 Å². The SMILES string of the molecule is CCCCCOc1ccc(S(=O)(=O)NCCCCCCNCc2c(O)cc3c4c2C(O)(O)c2ccc(cc2-4)[C@H]2NC(=O)[C@@H]4NC(=O)[C@H](CC(N)=O)NC(=O)[C@H](NC(=O)[C@@H](CC(C)C)NC)[C@H](O)c5ccc(c(C)c5)Oc5cc4cc(c5O[C@@H]4O[C@H](CO)[C@@H](O)[C@H](O)[C@H]4O[C@H]4C[C@](C)(N)[C@H](O)[C@H](C)O4)Oc4ccc(cc4Cl)[C@@H](O)[C@H](NC2=O)C(=O)N[C@@H]3C(=O)NC2C3CC4CC(C3)CC2C4)cc1.